The minimum absolute atomic E-state index is 1.01. The third-order valence-corrected chi connectivity index (χ3v) is 3.66. The van der Waals surface area contributed by atoms with E-state index in [4.69, 9.17) is 0 Å². The Morgan fingerprint density at radius 2 is 2.12 bits per heavy atom. The fraction of sp³-hybridized carbons (Fsp3) is 0.692. The first-order chi connectivity index (χ1) is 7.72. The summed E-state index contributed by atoms with van der Waals surface area (Å²) in [7, 11) is 2.20. The third-order valence-electron chi connectivity index (χ3n) is 2.66. The fourth-order valence-electron chi connectivity index (χ4n) is 1.60. The van der Waals surface area contributed by atoms with Crippen LogP contribution in [0.25, 0.3) is 0 Å². The maximum Gasteiger partial charge on any atom is 0.0300 e. The van der Waals surface area contributed by atoms with Crippen LogP contribution >= 0.6 is 11.3 Å². The van der Waals surface area contributed by atoms with E-state index in [1.807, 2.05) is 11.3 Å². The molecule has 0 fully saturated rings. The molecule has 0 aliphatic heterocycles. The zero-order chi connectivity index (χ0) is 11.8. The van der Waals surface area contributed by atoms with Crippen LogP contribution in [0, 0.1) is 6.92 Å². The van der Waals surface area contributed by atoms with E-state index in [0.717, 1.165) is 19.6 Å². The maximum atomic E-state index is 3.49. The molecule has 16 heavy (non-hydrogen) atoms. The van der Waals surface area contributed by atoms with Gasteiger partial charge >= 0.3 is 0 Å². The summed E-state index contributed by atoms with van der Waals surface area (Å²) in [6, 6.07) is 4.41. The van der Waals surface area contributed by atoms with E-state index < -0.39 is 0 Å². The van der Waals surface area contributed by atoms with Gasteiger partial charge in [0.1, 0.15) is 0 Å². The summed E-state index contributed by atoms with van der Waals surface area (Å²) in [6.07, 6.45) is 2.59. The Morgan fingerprint density at radius 3 is 2.75 bits per heavy atom. The lowest BCUT2D eigenvalue weighted by atomic mass is 10.3. The molecule has 0 unspecified atom stereocenters. The number of nitrogens with one attached hydrogen (secondary N) is 1. The first-order valence-electron chi connectivity index (χ1n) is 6.17. The van der Waals surface area contributed by atoms with Crippen molar-refractivity contribution in [3.05, 3.63) is 21.9 Å². The van der Waals surface area contributed by atoms with Gasteiger partial charge < -0.3 is 10.2 Å². The standard InChI is InChI=1S/C13H24N2S/c1-4-5-9-15(3)10-8-14-11-13-7-6-12(2)16-13/h6-7,14H,4-5,8-11H2,1-3H3. The zero-order valence-electron chi connectivity index (χ0n) is 10.8. The molecule has 1 rings (SSSR count). The van der Waals surface area contributed by atoms with Gasteiger partial charge in [-0.15, -0.1) is 11.3 Å². The normalized spacial score (nSPS) is 11.2. The van der Waals surface area contributed by atoms with Gasteiger partial charge in [0.15, 0.2) is 0 Å². The van der Waals surface area contributed by atoms with Crippen LogP contribution in [0.3, 0.4) is 0 Å². The van der Waals surface area contributed by atoms with Crippen LogP contribution in [0.5, 0.6) is 0 Å². The number of hydrogen-bond donors (Lipinski definition) is 1. The molecule has 92 valence electrons. The largest absolute Gasteiger partial charge is 0.311 e. The van der Waals surface area contributed by atoms with Crippen LogP contribution in [0.1, 0.15) is 29.5 Å². The molecule has 2 nitrogen and oxygen atoms in total. The molecule has 3 heteroatoms. The number of aryl methyl sites for hydroxylation is 1. The fourth-order valence-corrected chi connectivity index (χ4v) is 2.46. The Bertz CT molecular complexity index is 283. The molecule has 0 atom stereocenters. The Labute approximate surface area is 104 Å². The van der Waals surface area contributed by atoms with Gasteiger partial charge in [-0.3, -0.25) is 0 Å². The second-order valence-corrected chi connectivity index (χ2v) is 5.72. The molecule has 1 aromatic rings. The molecular formula is C13H24N2S. The summed E-state index contributed by atoms with van der Waals surface area (Å²) in [4.78, 5) is 5.24. The van der Waals surface area contributed by atoms with Gasteiger partial charge in [-0.05, 0) is 39.1 Å². The topological polar surface area (TPSA) is 15.3 Å². The zero-order valence-corrected chi connectivity index (χ0v) is 11.6. The molecule has 0 saturated carbocycles. The highest BCUT2D eigenvalue weighted by Crippen LogP contribution is 2.14. The Hall–Kier alpha value is -0.380. The van der Waals surface area contributed by atoms with Crippen molar-refractivity contribution < 1.29 is 0 Å². The first-order valence-corrected chi connectivity index (χ1v) is 6.98. The van der Waals surface area contributed by atoms with Crippen molar-refractivity contribution in [1.29, 1.82) is 0 Å². The highest BCUT2D eigenvalue weighted by molar-refractivity contribution is 7.11. The molecule has 0 aliphatic rings. The Morgan fingerprint density at radius 1 is 1.31 bits per heavy atom. The number of likely N-dealkylation sites (N-methyl/N-ethyl adjacent to an activating group) is 1. The molecule has 1 aromatic heterocycles. The summed E-state index contributed by atoms with van der Waals surface area (Å²) in [6.45, 7) is 8.86. The number of unbranched alkanes of at least 4 members (excludes halogenated alkanes) is 1. The van der Waals surface area contributed by atoms with Gasteiger partial charge in [0.25, 0.3) is 0 Å². The summed E-state index contributed by atoms with van der Waals surface area (Å²) >= 11 is 1.88. The Balaban J connectivity index is 2.03. The van der Waals surface area contributed by atoms with E-state index in [2.05, 4.69) is 43.2 Å². The van der Waals surface area contributed by atoms with E-state index in [1.54, 1.807) is 0 Å². The van der Waals surface area contributed by atoms with E-state index >= 15 is 0 Å². The van der Waals surface area contributed by atoms with E-state index in [1.165, 1.54) is 29.1 Å². The van der Waals surface area contributed by atoms with Crippen molar-refractivity contribution in [2.75, 3.05) is 26.7 Å². The van der Waals surface area contributed by atoms with E-state index in [-0.39, 0.29) is 0 Å². The van der Waals surface area contributed by atoms with Crippen LogP contribution in [0.15, 0.2) is 12.1 Å². The van der Waals surface area contributed by atoms with Crippen LogP contribution in [0.4, 0.5) is 0 Å². The van der Waals surface area contributed by atoms with Crippen molar-refractivity contribution >= 4 is 11.3 Å². The maximum absolute atomic E-state index is 3.49. The molecule has 0 radical (unpaired) electrons. The average molecular weight is 240 g/mol. The SMILES string of the molecule is CCCCN(C)CCNCc1ccc(C)s1. The smallest absolute Gasteiger partial charge is 0.0300 e. The molecule has 0 bridgehead atoms. The van der Waals surface area contributed by atoms with Crippen LogP contribution in [0.2, 0.25) is 0 Å². The van der Waals surface area contributed by atoms with Crippen LogP contribution < -0.4 is 5.32 Å². The van der Waals surface area contributed by atoms with Crippen molar-refractivity contribution in [1.82, 2.24) is 10.2 Å². The van der Waals surface area contributed by atoms with Crippen LogP contribution in [-0.2, 0) is 6.54 Å². The molecule has 0 amide bonds. The van der Waals surface area contributed by atoms with Gasteiger partial charge in [0, 0.05) is 29.4 Å². The quantitative estimate of drug-likeness (QED) is 0.703. The van der Waals surface area contributed by atoms with Gasteiger partial charge in [0.05, 0.1) is 0 Å². The van der Waals surface area contributed by atoms with Crippen LogP contribution in [-0.4, -0.2) is 31.6 Å². The van der Waals surface area contributed by atoms with Gasteiger partial charge in [-0.25, -0.2) is 0 Å². The lowest BCUT2D eigenvalue weighted by Gasteiger charge is -2.16. The lowest BCUT2D eigenvalue weighted by Crippen LogP contribution is -2.29. The minimum Gasteiger partial charge on any atom is -0.311 e. The van der Waals surface area contributed by atoms with Crippen molar-refractivity contribution in [3.8, 4) is 0 Å². The molecule has 0 aromatic carbocycles. The first kappa shape index (κ1) is 13.7. The minimum atomic E-state index is 1.01. The molecule has 0 saturated heterocycles. The second kappa shape index (κ2) is 7.82. The van der Waals surface area contributed by atoms with Crippen molar-refractivity contribution in [2.24, 2.45) is 0 Å². The molecule has 1 heterocycles. The predicted molar refractivity (Wildman–Crippen MR) is 73.2 cm³/mol. The highest BCUT2D eigenvalue weighted by Gasteiger charge is 1.98. The van der Waals surface area contributed by atoms with Crippen molar-refractivity contribution in [2.45, 2.75) is 33.2 Å². The summed E-state index contributed by atoms with van der Waals surface area (Å²) in [5.74, 6) is 0. The molecule has 1 N–H and O–H groups in total. The number of nitrogens with zero attached hydrogens (tertiary/aromatic N) is 1. The van der Waals surface area contributed by atoms with Gasteiger partial charge in [-0.1, -0.05) is 13.3 Å². The third kappa shape index (κ3) is 5.64. The van der Waals surface area contributed by atoms with E-state index in [9.17, 15) is 0 Å². The number of thiophene rings is 1. The van der Waals surface area contributed by atoms with Crippen molar-refractivity contribution in [3.63, 3.8) is 0 Å². The molecule has 0 aliphatic carbocycles. The molecular weight excluding hydrogens is 216 g/mol. The lowest BCUT2D eigenvalue weighted by molar-refractivity contribution is 0.325. The number of hydrogen-bond acceptors (Lipinski definition) is 3. The van der Waals surface area contributed by atoms with Gasteiger partial charge in [0.2, 0.25) is 0 Å². The monoisotopic (exact) mass is 240 g/mol. The Kier molecular flexibility index (Phi) is 6.69. The highest BCUT2D eigenvalue weighted by atomic mass is 32.1. The predicted octanol–water partition coefficient (Wildman–Crippen LogP) is 2.88. The second-order valence-electron chi connectivity index (χ2n) is 4.35. The molecule has 0 spiro atoms. The summed E-state index contributed by atoms with van der Waals surface area (Å²) in [5.41, 5.74) is 0. The summed E-state index contributed by atoms with van der Waals surface area (Å²) in [5, 5.41) is 3.49. The number of rotatable bonds is 8. The van der Waals surface area contributed by atoms with E-state index in [0.29, 0.717) is 0 Å². The average Bonchev–Trinajstić information content (AvgIpc) is 2.67. The van der Waals surface area contributed by atoms with Gasteiger partial charge in [-0.2, -0.15) is 0 Å². The summed E-state index contributed by atoms with van der Waals surface area (Å²) < 4.78 is 0.